The topological polar surface area (TPSA) is 54.4 Å². The summed E-state index contributed by atoms with van der Waals surface area (Å²) in [4.78, 5) is 23.6. The van der Waals surface area contributed by atoms with Crippen molar-refractivity contribution in [3.8, 4) is 0 Å². The molecule has 0 aliphatic carbocycles. The Morgan fingerprint density at radius 2 is 1.53 bits per heavy atom. The predicted molar refractivity (Wildman–Crippen MR) is 72.7 cm³/mol. The molecule has 1 N–H and O–H groups in total. The maximum absolute atomic E-state index is 12.4. The van der Waals surface area contributed by atoms with E-state index in [0.717, 1.165) is 11.1 Å². The van der Waals surface area contributed by atoms with Crippen LogP contribution in [0, 0.1) is 13.8 Å². The van der Waals surface area contributed by atoms with Gasteiger partial charge in [0.25, 0.3) is 0 Å². The van der Waals surface area contributed by atoms with E-state index in [-0.39, 0.29) is 16.9 Å². The van der Waals surface area contributed by atoms with Gasteiger partial charge in [-0.3, -0.25) is 4.79 Å². The van der Waals surface area contributed by atoms with Gasteiger partial charge in [0.05, 0.1) is 5.56 Å². The summed E-state index contributed by atoms with van der Waals surface area (Å²) < 4.78 is 0. The van der Waals surface area contributed by atoms with E-state index in [0.29, 0.717) is 5.56 Å². The number of ketones is 1. The molecule has 0 heterocycles. The van der Waals surface area contributed by atoms with Crippen LogP contribution in [-0.4, -0.2) is 16.9 Å². The van der Waals surface area contributed by atoms with Crippen molar-refractivity contribution < 1.29 is 14.7 Å². The highest BCUT2D eigenvalue weighted by Crippen LogP contribution is 2.18. The van der Waals surface area contributed by atoms with E-state index in [1.54, 1.807) is 24.3 Å². The molecule has 0 spiro atoms. The van der Waals surface area contributed by atoms with Crippen molar-refractivity contribution in [2.75, 3.05) is 0 Å². The molecule has 0 amide bonds. The SMILES string of the molecule is Cc1ccc(C(=O)c2ccccc2C(=O)O)c(C)c1. The third kappa shape index (κ3) is 2.55. The van der Waals surface area contributed by atoms with Crippen LogP contribution in [0.4, 0.5) is 0 Å². The summed E-state index contributed by atoms with van der Waals surface area (Å²) in [5.41, 5.74) is 2.72. The molecule has 0 radical (unpaired) electrons. The maximum Gasteiger partial charge on any atom is 0.336 e. The van der Waals surface area contributed by atoms with Crippen LogP contribution in [0.15, 0.2) is 42.5 Å². The van der Waals surface area contributed by atoms with E-state index >= 15 is 0 Å². The molecular weight excluding hydrogens is 240 g/mol. The lowest BCUT2D eigenvalue weighted by Crippen LogP contribution is -2.10. The van der Waals surface area contributed by atoms with Crippen LogP contribution in [0.3, 0.4) is 0 Å². The van der Waals surface area contributed by atoms with Gasteiger partial charge in [-0.15, -0.1) is 0 Å². The average molecular weight is 254 g/mol. The molecule has 0 aromatic heterocycles. The number of hydrogen-bond acceptors (Lipinski definition) is 2. The Balaban J connectivity index is 2.53. The van der Waals surface area contributed by atoms with Crippen molar-refractivity contribution in [3.05, 3.63) is 70.3 Å². The Kier molecular flexibility index (Phi) is 3.47. The quantitative estimate of drug-likeness (QED) is 0.855. The molecule has 0 bridgehead atoms. The molecule has 0 unspecified atom stereocenters. The number of aromatic carboxylic acids is 1. The van der Waals surface area contributed by atoms with Gasteiger partial charge in [-0.2, -0.15) is 0 Å². The van der Waals surface area contributed by atoms with E-state index in [9.17, 15) is 9.59 Å². The molecule has 0 aliphatic rings. The zero-order chi connectivity index (χ0) is 14.0. The van der Waals surface area contributed by atoms with Crippen LogP contribution in [0.5, 0.6) is 0 Å². The molecule has 0 saturated carbocycles. The number of hydrogen-bond donors (Lipinski definition) is 1. The highest BCUT2D eigenvalue weighted by atomic mass is 16.4. The van der Waals surface area contributed by atoms with Gasteiger partial charge in [-0.25, -0.2) is 4.79 Å². The fourth-order valence-electron chi connectivity index (χ4n) is 2.08. The number of carboxylic acids is 1. The summed E-state index contributed by atoms with van der Waals surface area (Å²) in [6.45, 7) is 3.80. The number of carbonyl (C=O) groups excluding carboxylic acids is 1. The van der Waals surface area contributed by atoms with Gasteiger partial charge in [0, 0.05) is 11.1 Å². The lowest BCUT2D eigenvalue weighted by molar-refractivity contribution is 0.0693. The Morgan fingerprint density at radius 1 is 0.895 bits per heavy atom. The monoisotopic (exact) mass is 254 g/mol. The number of aryl methyl sites for hydroxylation is 2. The van der Waals surface area contributed by atoms with Gasteiger partial charge in [0.2, 0.25) is 0 Å². The molecular formula is C16H14O3. The summed E-state index contributed by atoms with van der Waals surface area (Å²) >= 11 is 0. The Bertz CT molecular complexity index is 657. The Hall–Kier alpha value is -2.42. The van der Waals surface area contributed by atoms with E-state index in [1.807, 2.05) is 26.0 Å². The fraction of sp³-hybridized carbons (Fsp3) is 0.125. The molecule has 3 nitrogen and oxygen atoms in total. The maximum atomic E-state index is 12.4. The molecule has 0 atom stereocenters. The van der Waals surface area contributed by atoms with Crippen LogP contribution in [-0.2, 0) is 0 Å². The van der Waals surface area contributed by atoms with E-state index in [4.69, 9.17) is 5.11 Å². The van der Waals surface area contributed by atoms with Crippen molar-refractivity contribution in [1.29, 1.82) is 0 Å². The van der Waals surface area contributed by atoms with Gasteiger partial charge < -0.3 is 5.11 Å². The van der Waals surface area contributed by atoms with Crippen LogP contribution in [0.1, 0.15) is 37.4 Å². The molecule has 0 saturated heterocycles. The smallest absolute Gasteiger partial charge is 0.336 e. The first-order valence-electron chi connectivity index (χ1n) is 5.95. The lowest BCUT2D eigenvalue weighted by atomic mass is 9.94. The zero-order valence-corrected chi connectivity index (χ0v) is 10.8. The second-order valence-corrected chi connectivity index (χ2v) is 4.50. The second kappa shape index (κ2) is 5.06. The highest BCUT2D eigenvalue weighted by Gasteiger charge is 2.18. The molecule has 96 valence electrons. The van der Waals surface area contributed by atoms with Crippen molar-refractivity contribution in [2.24, 2.45) is 0 Å². The first-order valence-corrected chi connectivity index (χ1v) is 5.95. The molecule has 0 fully saturated rings. The number of rotatable bonds is 3. The van der Waals surface area contributed by atoms with Gasteiger partial charge in [-0.05, 0) is 25.5 Å². The first-order chi connectivity index (χ1) is 9.00. The van der Waals surface area contributed by atoms with Crippen molar-refractivity contribution in [1.82, 2.24) is 0 Å². The van der Waals surface area contributed by atoms with Gasteiger partial charge in [0.15, 0.2) is 5.78 Å². The average Bonchev–Trinajstić information content (AvgIpc) is 2.38. The third-order valence-electron chi connectivity index (χ3n) is 3.03. The van der Waals surface area contributed by atoms with Crippen LogP contribution in [0.2, 0.25) is 0 Å². The fourth-order valence-corrected chi connectivity index (χ4v) is 2.08. The lowest BCUT2D eigenvalue weighted by Gasteiger charge is -2.08. The molecule has 2 aromatic carbocycles. The van der Waals surface area contributed by atoms with E-state index in [2.05, 4.69) is 0 Å². The zero-order valence-electron chi connectivity index (χ0n) is 10.8. The summed E-state index contributed by atoms with van der Waals surface area (Å²) in [6, 6.07) is 11.8. The van der Waals surface area contributed by atoms with Crippen LogP contribution in [0.25, 0.3) is 0 Å². The van der Waals surface area contributed by atoms with Gasteiger partial charge in [-0.1, -0.05) is 42.0 Å². The normalized spacial score (nSPS) is 10.2. The minimum atomic E-state index is -1.09. The van der Waals surface area contributed by atoms with Crippen molar-refractivity contribution >= 4 is 11.8 Å². The largest absolute Gasteiger partial charge is 0.478 e. The minimum absolute atomic E-state index is 0.0347. The molecule has 2 rings (SSSR count). The Labute approximate surface area is 111 Å². The van der Waals surface area contributed by atoms with Crippen LogP contribution >= 0.6 is 0 Å². The molecule has 19 heavy (non-hydrogen) atoms. The van der Waals surface area contributed by atoms with Gasteiger partial charge >= 0.3 is 5.97 Å². The standard InChI is InChI=1S/C16H14O3/c1-10-7-8-12(11(2)9-10)15(17)13-5-3-4-6-14(13)16(18)19/h3-9H,1-2H3,(H,18,19). The highest BCUT2D eigenvalue weighted by molar-refractivity contribution is 6.14. The summed E-state index contributed by atoms with van der Waals surface area (Å²) in [7, 11) is 0. The minimum Gasteiger partial charge on any atom is -0.478 e. The first kappa shape index (κ1) is 13.0. The number of benzene rings is 2. The molecule has 0 aliphatic heterocycles. The second-order valence-electron chi connectivity index (χ2n) is 4.50. The van der Waals surface area contributed by atoms with E-state index < -0.39 is 5.97 Å². The number of carboxylic acid groups (broad SMARTS) is 1. The summed E-state index contributed by atoms with van der Waals surface area (Å²) in [5, 5.41) is 9.12. The van der Waals surface area contributed by atoms with E-state index in [1.165, 1.54) is 6.07 Å². The molecule has 3 heteroatoms. The number of carbonyl (C=O) groups is 2. The van der Waals surface area contributed by atoms with Crippen molar-refractivity contribution in [3.63, 3.8) is 0 Å². The van der Waals surface area contributed by atoms with Gasteiger partial charge in [0.1, 0.15) is 0 Å². The predicted octanol–water partition coefficient (Wildman–Crippen LogP) is 3.23. The Morgan fingerprint density at radius 3 is 2.11 bits per heavy atom. The summed E-state index contributed by atoms with van der Waals surface area (Å²) in [6.07, 6.45) is 0. The van der Waals surface area contributed by atoms with Crippen LogP contribution < -0.4 is 0 Å². The van der Waals surface area contributed by atoms with Crippen molar-refractivity contribution in [2.45, 2.75) is 13.8 Å². The molecule has 2 aromatic rings. The summed E-state index contributed by atoms with van der Waals surface area (Å²) in [5.74, 6) is -1.34. The third-order valence-corrected chi connectivity index (χ3v) is 3.03.